The van der Waals surface area contributed by atoms with Crippen LogP contribution in [0.5, 0.6) is 0 Å². The molecule has 1 aliphatic rings. The summed E-state index contributed by atoms with van der Waals surface area (Å²) in [4.78, 5) is 36.1. The van der Waals surface area contributed by atoms with E-state index in [4.69, 9.17) is 5.73 Å². The first-order chi connectivity index (χ1) is 10.8. The zero-order valence-corrected chi connectivity index (χ0v) is 14.1. The predicted octanol–water partition coefficient (Wildman–Crippen LogP) is 2.19. The van der Waals surface area contributed by atoms with E-state index in [0.29, 0.717) is 5.69 Å². The molecule has 3 rings (SSSR count). The summed E-state index contributed by atoms with van der Waals surface area (Å²) in [7, 11) is 0. The molecule has 23 heavy (non-hydrogen) atoms. The highest BCUT2D eigenvalue weighted by Gasteiger charge is 2.32. The van der Waals surface area contributed by atoms with Crippen LogP contribution in [0.2, 0.25) is 0 Å². The van der Waals surface area contributed by atoms with Crippen LogP contribution in [-0.2, 0) is 0 Å². The summed E-state index contributed by atoms with van der Waals surface area (Å²) >= 11 is 3.41. The number of fused-ring (bicyclic) bond motifs is 1. The second-order valence-corrected chi connectivity index (χ2v) is 6.55. The molecular formula is C16H14BrN3O3. The van der Waals surface area contributed by atoms with Crippen LogP contribution in [0.4, 0.5) is 5.82 Å². The lowest BCUT2D eigenvalue weighted by Crippen LogP contribution is -2.25. The SMILES string of the molecule is CC(C)c1cc(Br)ccc1-n1c(N)c2c(cc1=O)C(=O)NC2=O. The van der Waals surface area contributed by atoms with Crippen molar-refractivity contribution >= 4 is 33.6 Å². The average molecular weight is 376 g/mol. The van der Waals surface area contributed by atoms with Crippen molar-refractivity contribution in [2.75, 3.05) is 5.73 Å². The van der Waals surface area contributed by atoms with E-state index in [2.05, 4.69) is 21.2 Å². The molecule has 118 valence electrons. The Morgan fingerprint density at radius 1 is 1.13 bits per heavy atom. The van der Waals surface area contributed by atoms with Gasteiger partial charge < -0.3 is 5.73 Å². The summed E-state index contributed by atoms with van der Waals surface area (Å²) in [6.07, 6.45) is 0. The molecule has 2 heterocycles. The Balaban J connectivity index is 2.36. The summed E-state index contributed by atoms with van der Waals surface area (Å²) in [6.45, 7) is 3.99. The number of benzene rings is 1. The molecule has 2 aromatic rings. The lowest BCUT2D eigenvalue weighted by molar-refractivity contribution is 0.0880. The molecule has 0 unspecified atom stereocenters. The Kier molecular flexibility index (Phi) is 3.60. The van der Waals surface area contributed by atoms with Gasteiger partial charge in [-0.15, -0.1) is 0 Å². The number of nitrogens with one attached hydrogen (secondary N) is 1. The molecule has 1 aromatic heterocycles. The Morgan fingerprint density at radius 3 is 2.48 bits per heavy atom. The van der Waals surface area contributed by atoms with E-state index in [9.17, 15) is 14.4 Å². The summed E-state index contributed by atoms with van der Waals surface area (Å²) in [5.41, 5.74) is 7.19. The molecule has 0 fully saturated rings. The van der Waals surface area contributed by atoms with E-state index in [0.717, 1.165) is 16.1 Å². The largest absolute Gasteiger partial charge is 0.384 e. The number of pyridine rings is 1. The van der Waals surface area contributed by atoms with Crippen molar-refractivity contribution in [1.29, 1.82) is 0 Å². The van der Waals surface area contributed by atoms with E-state index >= 15 is 0 Å². The highest BCUT2D eigenvalue weighted by molar-refractivity contribution is 9.10. The Morgan fingerprint density at radius 2 is 1.83 bits per heavy atom. The number of halogens is 1. The molecule has 1 aromatic carbocycles. The average Bonchev–Trinajstić information content (AvgIpc) is 2.74. The van der Waals surface area contributed by atoms with Crippen molar-refractivity contribution in [2.45, 2.75) is 19.8 Å². The number of amides is 2. The van der Waals surface area contributed by atoms with Crippen molar-refractivity contribution in [1.82, 2.24) is 9.88 Å². The normalized spacial score (nSPS) is 13.4. The van der Waals surface area contributed by atoms with Gasteiger partial charge >= 0.3 is 0 Å². The van der Waals surface area contributed by atoms with Gasteiger partial charge in [-0.25, -0.2) is 0 Å². The maximum Gasteiger partial charge on any atom is 0.262 e. The van der Waals surface area contributed by atoms with Gasteiger partial charge in [0.15, 0.2) is 0 Å². The third-order valence-corrected chi connectivity index (χ3v) is 4.30. The Bertz CT molecular complexity index is 916. The number of carbonyl (C=O) groups excluding carboxylic acids is 2. The van der Waals surface area contributed by atoms with Gasteiger partial charge in [0, 0.05) is 10.5 Å². The van der Waals surface area contributed by atoms with Crippen LogP contribution in [0, 0.1) is 0 Å². The van der Waals surface area contributed by atoms with Gasteiger partial charge in [-0.2, -0.15) is 0 Å². The second kappa shape index (κ2) is 5.34. The molecule has 3 N–H and O–H groups in total. The van der Waals surface area contributed by atoms with Crippen molar-refractivity contribution in [3.63, 3.8) is 0 Å². The van der Waals surface area contributed by atoms with E-state index in [1.54, 1.807) is 12.1 Å². The van der Waals surface area contributed by atoms with E-state index in [1.165, 1.54) is 4.57 Å². The highest BCUT2D eigenvalue weighted by atomic mass is 79.9. The van der Waals surface area contributed by atoms with Gasteiger partial charge in [0.05, 0.1) is 16.8 Å². The molecule has 1 aliphatic heterocycles. The fourth-order valence-electron chi connectivity index (χ4n) is 2.72. The van der Waals surface area contributed by atoms with Crippen LogP contribution in [-0.4, -0.2) is 16.4 Å². The minimum Gasteiger partial charge on any atom is -0.384 e. The number of hydrogen-bond acceptors (Lipinski definition) is 4. The smallest absolute Gasteiger partial charge is 0.262 e. The first-order valence-corrected chi connectivity index (χ1v) is 7.81. The van der Waals surface area contributed by atoms with Gasteiger partial charge in [-0.1, -0.05) is 29.8 Å². The maximum absolute atomic E-state index is 12.5. The zero-order valence-electron chi connectivity index (χ0n) is 12.5. The summed E-state index contributed by atoms with van der Waals surface area (Å²) < 4.78 is 2.16. The van der Waals surface area contributed by atoms with Gasteiger partial charge in [-0.3, -0.25) is 24.3 Å². The number of hydrogen-bond donors (Lipinski definition) is 2. The highest BCUT2D eigenvalue weighted by Crippen LogP contribution is 2.29. The van der Waals surface area contributed by atoms with Crippen LogP contribution in [0.15, 0.2) is 33.5 Å². The molecule has 2 amide bonds. The molecule has 0 aliphatic carbocycles. The van der Waals surface area contributed by atoms with E-state index in [-0.39, 0.29) is 22.9 Å². The van der Waals surface area contributed by atoms with Gasteiger partial charge in [0.2, 0.25) is 0 Å². The molecular weight excluding hydrogens is 362 g/mol. The van der Waals surface area contributed by atoms with Gasteiger partial charge in [-0.05, 0) is 29.7 Å². The fourth-order valence-corrected chi connectivity index (χ4v) is 3.10. The van der Waals surface area contributed by atoms with Gasteiger partial charge in [0.25, 0.3) is 17.4 Å². The van der Waals surface area contributed by atoms with Crippen molar-refractivity contribution < 1.29 is 9.59 Å². The molecule has 0 saturated carbocycles. The molecule has 0 bridgehead atoms. The van der Waals surface area contributed by atoms with Crippen LogP contribution in [0.1, 0.15) is 46.0 Å². The van der Waals surface area contributed by atoms with Crippen LogP contribution >= 0.6 is 15.9 Å². The van der Waals surface area contributed by atoms with Crippen LogP contribution in [0.3, 0.4) is 0 Å². The first kappa shape index (κ1) is 15.5. The molecule has 0 atom stereocenters. The standard InChI is InChI=1S/C16H14BrN3O3/c1-7(2)9-5-8(17)3-4-11(9)20-12(21)6-10-13(14(20)18)16(23)19-15(10)22/h3-7H,18H2,1-2H3,(H,19,22,23). The van der Waals surface area contributed by atoms with E-state index < -0.39 is 17.4 Å². The number of anilines is 1. The fraction of sp³-hybridized carbons (Fsp3) is 0.188. The van der Waals surface area contributed by atoms with Crippen LogP contribution < -0.4 is 16.6 Å². The summed E-state index contributed by atoms with van der Waals surface area (Å²) in [5.74, 6) is -1.07. The minimum absolute atomic E-state index is 0.0250. The van der Waals surface area contributed by atoms with Crippen molar-refractivity contribution in [3.05, 3.63) is 55.8 Å². The maximum atomic E-state index is 12.5. The number of imide groups is 1. The zero-order chi connectivity index (χ0) is 16.9. The lowest BCUT2D eigenvalue weighted by atomic mass is 10.0. The van der Waals surface area contributed by atoms with Crippen molar-refractivity contribution in [3.8, 4) is 5.69 Å². The number of carbonyl (C=O) groups is 2. The number of nitrogens with two attached hydrogens (primary N) is 1. The third kappa shape index (κ3) is 2.37. The number of aromatic nitrogens is 1. The molecule has 0 saturated heterocycles. The van der Waals surface area contributed by atoms with Crippen LogP contribution in [0.25, 0.3) is 5.69 Å². The second-order valence-electron chi connectivity index (χ2n) is 5.63. The number of nitrogens with zero attached hydrogens (tertiary/aromatic N) is 1. The predicted molar refractivity (Wildman–Crippen MR) is 90.0 cm³/mol. The summed E-state index contributed by atoms with van der Waals surface area (Å²) in [5, 5.41) is 2.16. The van der Waals surface area contributed by atoms with Crippen molar-refractivity contribution in [2.24, 2.45) is 0 Å². The third-order valence-electron chi connectivity index (χ3n) is 3.81. The number of nitrogen functional groups attached to an aromatic ring is 1. The molecule has 7 heteroatoms. The molecule has 6 nitrogen and oxygen atoms in total. The van der Waals surface area contributed by atoms with Gasteiger partial charge in [0.1, 0.15) is 5.82 Å². The van der Waals surface area contributed by atoms with E-state index in [1.807, 2.05) is 19.9 Å². The quantitative estimate of drug-likeness (QED) is 0.786. The summed E-state index contributed by atoms with van der Waals surface area (Å²) in [6, 6.07) is 6.62. The Hall–Kier alpha value is -2.41. The monoisotopic (exact) mass is 375 g/mol. The Labute approximate surface area is 140 Å². The minimum atomic E-state index is -0.596. The first-order valence-electron chi connectivity index (χ1n) is 7.02. The lowest BCUT2D eigenvalue weighted by Gasteiger charge is -2.18. The topological polar surface area (TPSA) is 94.2 Å². The molecule has 0 spiro atoms. The molecule has 0 radical (unpaired) electrons. The number of rotatable bonds is 2.